The molecule has 0 atom stereocenters. The summed E-state index contributed by atoms with van der Waals surface area (Å²) in [5, 5.41) is 20.0. The number of hydrogen-bond donors (Lipinski definition) is 2. The second-order valence-corrected chi connectivity index (χ2v) is 8.93. The van der Waals surface area contributed by atoms with Crippen molar-refractivity contribution >= 4 is 24.1 Å². The summed E-state index contributed by atoms with van der Waals surface area (Å²) in [5.41, 5.74) is 1.18. The van der Waals surface area contributed by atoms with Crippen molar-refractivity contribution in [2.75, 3.05) is 68.8 Å². The largest absolute Gasteiger partial charge is 1.00 e. The van der Waals surface area contributed by atoms with Gasteiger partial charge >= 0.3 is 11.9 Å². The van der Waals surface area contributed by atoms with Gasteiger partial charge in [-0.3, -0.25) is 0 Å². The van der Waals surface area contributed by atoms with Crippen LogP contribution in [0.15, 0.2) is 36.4 Å². The number of aromatic hydroxyl groups is 2. The van der Waals surface area contributed by atoms with E-state index >= 15 is 0 Å². The normalized spacial score (nSPS) is 11.2. The van der Waals surface area contributed by atoms with Crippen molar-refractivity contribution < 1.29 is 65.1 Å². The molecule has 0 saturated heterocycles. The number of hydrogen-bond acceptors (Lipinski definition) is 10. The summed E-state index contributed by atoms with van der Waals surface area (Å²) in [6.07, 6.45) is 5.62. The van der Waals surface area contributed by atoms with Gasteiger partial charge < -0.3 is 55.5 Å². The molecule has 12 heteroatoms. The SMILES string of the molecule is COc1cc(/C=C/C(=O)OCC[N+](C)(C)CCOC(=O)/C=C/c2cc(OC)c(O)c(OC)c2)cc(OC)c1O.[Cl-]. The van der Waals surface area contributed by atoms with Crippen LogP contribution in [0.1, 0.15) is 11.1 Å². The molecule has 0 aliphatic rings. The van der Waals surface area contributed by atoms with Gasteiger partial charge in [-0.05, 0) is 47.5 Å². The summed E-state index contributed by atoms with van der Waals surface area (Å²) in [7, 11) is 9.53. The maximum atomic E-state index is 12.1. The van der Waals surface area contributed by atoms with Gasteiger partial charge in [0.15, 0.2) is 23.0 Å². The van der Waals surface area contributed by atoms with Crippen molar-refractivity contribution in [2.45, 2.75) is 0 Å². The quantitative estimate of drug-likeness (QED) is 0.179. The van der Waals surface area contributed by atoms with E-state index in [2.05, 4.69) is 0 Å². The summed E-state index contributed by atoms with van der Waals surface area (Å²) in [4.78, 5) is 24.3. The molecule has 0 spiro atoms. The van der Waals surface area contributed by atoms with Crippen LogP contribution >= 0.6 is 0 Å². The second kappa shape index (κ2) is 16.1. The summed E-state index contributed by atoms with van der Waals surface area (Å²) < 4.78 is 31.4. The lowest BCUT2D eigenvalue weighted by atomic mass is 10.1. The molecule has 0 aromatic heterocycles. The zero-order valence-corrected chi connectivity index (χ0v) is 24.2. The zero-order valence-electron chi connectivity index (χ0n) is 23.4. The molecule has 220 valence electrons. The maximum absolute atomic E-state index is 12.1. The van der Waals surface area contributed by atoms with Crippen molar-refractivity contribution in [1.29, 1.82) is 0 Å². The van der Waals surface area contributed by atoms with E-state index in [0.29, 0.717) is 28.7 Å². The molecule has 0 fully saturated rings. The van der Waals surface area contributed by atoms with Crippen LogP contribution in [-0.2, 0) is 19.1 Å². The van der Waals surface area contributed by atoms with Crippen molar-refractivity contribution in [3.63, 3.8) is 0 Å². The Bertz CT molecular complexity index is 1070. The number of benzene rings is 2. The Morgan fingerprint density at radius 2 is 0.975 bits per heavy atom. The molecular weight excluding hydrogens is 546 g/mol. The van der Waals surface area contributed by atoms with E-state index in [4.69, 9.17) is 28.4 Å². The number of rotatable bonds is 14. The lowest BCUT2D eigenvalue weighted by Gasteiger charge is -2.29. The van der Waals surface area contributed by atoms with Crippen LogP contribution in [0.3, 0.4) is 0 Å². The Hall–Kier alpha value is -4.09. The number of esters is 2. The Kier molecular flexibility index (Phi) is 13.7. The van der Waals surface area contributed by atoms with Crippen LogP contribution in [0.25, 0.3) is 12.2 Å². The van der Waals surface area contributed by atoms with Gasteiger partial charge in [0.25, 0.3) is 0 Å². The number of phenols is 2. The van der Waals surface area contributed by atoms with Crippen LogP contribution < -0.4 is 31.4 Å². The third-order valence-electron chi connectivity index (χ3n) is 5.71. The topological polar surface area (TPSA) is 130 Å². The zero-order chi connectivity index (χ0) is 29.0. The van der Waals surface area contributed by atoms with Crippen LogP contribution in [0, 0.1) is 0 Å². The molecule has 0 heterocycles. The predicted octanol–water partition coefficient (Wildman–Crippen LogP) is 0.0256. The Morgan fingerprint density at radius 3 is 1.25 bits per heavy atom. The number of quaternary nitrogens is 1. The minimum absolute atomic E-state index is 0. The minimum Gasteiger partial charge on any atom is -1.00 e. The van der Waals surface area contributed by atoms with E-state index in [1.54, 1.807) is 24.3 Å². The summed E-state index contributed by atoms with van der Waals surface area (Å²) in [6, 6.07) is 6.26. The first-order chi connectivity index (χ1) is 18.5. The lowest BCUT2D eigenvalue weighted by Crippen LogP contribution is -3.00. The summed E-state index contributed by atoms with van der Waals surface area (Å²) >= 11 is 0. The van der Waals surface area contributed by atoms with Gasteiger partial charge in [0.05, 0.1) is 42.5 Å². The highest BCUT2D eigenvalue weighted by Crippen LogP contribution is 2.38. The molecule has 40 heavy (non-hydrogen) atoms. The number of carbonyl (C=O) groups is 2. The first-order valence-corrected chi connectivity index (χ1v) is 11.9. The fraction of sp³-hybridized carbons (Fsp3) is 0.357. The van der Waals surface area contributed by atoms with E-state index in [1.807, 2.05) is 14.1 Å². The maximum Gasteiger partial charge on any atom is 0.330 e. The molecular formula is C28H36ClNO10. The molecule has 0 aliphatic carbocycles. The fourth-order valence-corrected chi connectivity index (χ4v) is 3.34. The highest BCUT2D eigenvalue weighted by atomic mass is 35.5. The number of ether oxygens (including phenoxy) is 6. The van der Waals surface area contributed by atoms with Crippen LogP contribution in [0.5, 0.6) is 34.5 Å². The van der Waals surface area contributed by atoms with Crippen molar-refractivity contribution in [2.24, 2.45) is 0 Å². The highest BCUT2D eigenvalue weighted by Gasteiger charge is 2.17. The number of halogens is 1. The van der Waals surface area contributed by atoms with Crippen LogP contribution in [0.2, 0.25) is 0 Å². The highest BCUT2D eigenvalue weighted by molar-refractivity contribution is 5.88. The monoisotopic (exact) mass is 581 g/mol. The van der Waals surface area contributed by atoms with E-state index < -0.39 is 11.9 Å². The van der Waals surface area contributed by atoms with Gasteiger partial charge in [0.2, 0.25) is 11.5 Å². The van der Waals surface area contributed by atoms with Crippen molar-refractivity contribution in [1.82, 2.24) is 0 Å². The number of carbonyl (C=O) groups excluding carboxylic acids is 2. The molecule has 11 nitrogen and oxygen atoms in total. The first kappa shape index (κ1) is 33.9. The summed E-state index contributed by atoms with van der Waals surface area (Å²) in [6.45, 7) is 1.33. The molecule has 0 saturated carbocycles. The minimum atomic E-state index is -0.528. The van der Waals surface area contributed by atoms with Gasteiger partial charge in [-0.2, -0.15) is 0 Å². The number of likely N-dealkylation sites (N-methyl/N-ethyl adjacent to an activating group) is 1. The van der Waals surface area contributed by atoms with Gasteiger partial charge in [-0.25, -0.2) is 9.59 Å². The average molecular weight is 582 g/mol. The van der Waals surface area contributed by atoms with Gasteiger partial charge in [0, 0.05) is 12.2 Å². The molecule has 0 unspecified atom stereocenters. The number of nitrogens with zero attached hydrogens (tertiary/aromatic N) is 1. The molecule has 2 rings (SSSR count). The van der Waals surface area contributed by atoms with Gasteiger partial charge in [-0.1, -0.05) is 0 Å². The Labute approximate surface area is 240 Å². The molecule has 0 radical (unpaired) electrons. The third kappa shape index (κ3) is 10.2. The second-order valence-electron chi connectivity index (χ2n) is 8.93. The smallest absolute Gasteiger partial charge is 0.330 e. The van der Waals surface area contributed by atoms with E-state index in [-0.39, 0.29) is 60.1 Å². The van der Waals surface area contributed by atoms with E-state index in [0.717, 1.165) is 0 Å². The van der Waals surface area contributed by atoms with Crippen molar-refractivity contribution in [3.05, 3.63) is 47.5 Å². The molecule has 0 aliphatic heterocycles. The number of phenolic OH excluding ortho intramolecular Hbond substituents is 2. The molecule has 0 amide bonds. The lowest BCUT2D eigenvalue weighted by molar-refractivity contribution is -0.890. The molecule has 0 bridgehead atoms. The standard InChI is InChI=1S/C28H35NO10.ClH/c1-29(2,11-13-38-25(30)9-7-19-15-21(34-3)27(32)22(16-19)35-4)12-14-39-26(31)10-8-20-17-23(36-5)28(33)24(18-20)37-6;/h7-10,15-18H,11-14H2,1-6H3,(H-,30,31,32,33);1H. The first-order valence-electron chi connectivity index (χ1n) is 11.9. The van der Waals surface area contributed by atoms with E-state index in [9.17, 15) is 19.8 Å². The molecule has 2 aromatic carbocycles. The van der Waals surface area contributed by atoms with Crippen molar-refractivity contribution in [3.8, 4) is 34.5 Å². The average Bonchev–Trinajstić information content (AvgIpc) is 2.91. The van der Waals surface area contributed by atoms with Gasteiger partial charge in [0.1, 0.15) is 26.3 Å². The molecule has 2 aromatic rings. The predicted molar refractivity (Wildman–Crippen MR) is 144 cm³/mol. The van der Waals surface area contributed by atoms with Crippen LogP contribution in [0.4, 0.5) is 0 Å². The Morgan fingerprint density at radius 1 is 0.675 bits per heavy atom. The summed E-state index contributed by atoms with van der Waals surface area (Å²) in [5.74, 6) is -0.422. The molecule has 2 N–H and O–H groups in total. The fourth-order valence-electron chi connectivity index (χ4n) is 3.34. The van der Waals surface area contributed by atoms with E-state index in [1.165, 1.54) is 52.7 Å². The Balaban J connectivity index is 0.00000800. The third-order valence-corrected chi connectivity index (χ3v) is 5.71. The van der Waals surface area contributed by atoms with Crippen LogP contribution in [-0.4, -0.2) is 95.5 Å². The number of methoxy groups -OCH3 is 4. The van der Waals surface area contributed by atoms with Gasteiger partial charge in [-0.15, -0.1) is 0 Å².